The Morgan fingerprint density at radius 3 is 2.76 bits per heavy atom. The van der Waals surface area contributed by atoms with E-state index in [1.54, 1.807) is 12.3 Å². The molecule has 1 aromatic heterocycles. The Morgan fingerprint density at radius 1 is 1.19 bits per heavy atom. The molecule has 6 nitrogen and oxygen atoms in total. The minimum Gasteiger partial charge on any atom is -0.488 e. The van der Waals surface area contributed by atoms with Crippen molar-refractivity contribution in [1.82, 2.24) is 4.98 Å². The van der Waals surface area contributed by atoms with E-state index in [4.69, 9.17) is 14.2 Å². The topological polar surface area (TPSA) is 81.0 Å². The lowest BCUT2D eigenvalue weighted by Gasteiger charge is -2.15. The molecule has 0 unspecified atom stereocenters. The van der Waals surface area contributed by atoms with Gasteiger partial charge in [0.25, 0.3) is 0 Å². The maximum Gasteiger partial charge on any atom is 0.186 e. The molecule has 1 fully saturated rings. The molecule has 0 amide bonds. The highest BCUT2D eigenvalue weighted by atomic mass is 16.7. The van der Waals surface area contributed by atoms with Crippen LogP contribution in [0.5, 0.6) is 5.75 Å². The minimum absolute atomic E-state index is 0.105. The van der Waals surface area contributed by atoms with Crippen LogP contribution in [0.25, 0.3) is 10.9 Å². The summed E-state index contributed by atoms with van der Waals surface area (Å²) >= 11 is 0. The number of aliphatic hydroxyl groups excluding tert-OH is 2. The highest BCUT2D eigenvalue weighted by molar-refractivity contribution is 5.84. The second-order valence-corrected chi connectivity index (χ2v) is 4.90. The van der Waals surface area contributed by atoms with Gasteiger partial charge in [-0.15, -0.1) is 0 Å². The standard InChI is InChI=1S/C15H17NO5/c1-19-15-14(18)13(17)11(21-15)8-20-10-6-2-4-9-5-3-7-16-12(9)10/h2-7,11,13-15,17-18H,8H2,1H3/t11-,13+,14-,15+/m1/s1. The van der Waals surface area contributed by atoms with E-state index in [1.807, 2.05) is 24.3 Å². The predicted molar refractivity (Wildman–Crippen MR) is 74.9 cm³/mol. The second-order valence-electron chi connectivity index (χ2n) is 4.90. The number of rotatable bonds is 4. The Morgan fingerprint density at radius 2 is 2.00 bits per heavy atom. The largest absolute Gasteiger partial charge is 0.488 e. The molecule has 2 heterocycles. The highest BCUT2D eigenvalue weighted by Gasteiger charge is 2.43. The number of para-hydroxylation sites is 1. The van der Waals surface area contributed by atoms with Crippen molar-refractivity contribution in [1.29, 1.82) is 0 Å². The van der Waals surface area contributed by atoms with Gasteiger partial charge >= 0.3 is 0 Å². The van der Waals surface area contributed by atoms with Crippen LogP contribution in [0.3, 0.4) is 0 Å². The zero-order valence-electron chi connectivity index (χ0n) is 11.5. The molecule has 0 saturated carbocycles. The van der Waals surface area contributed by atoms with Crippen LogP contribution in [0.15, 0.2) is 36.5 Å². The number of hydrogen-bond donors (Lipinski definition) is 2. The van der Waals surface area contributed by atoms with Gasteiger partial charge in [-0.2, -0.15) is 0 Å². The van der Waals surface area contributed by atoms with E-state index in [2.05, 4.69) is 4.98 Å². The number of benzene rings is 1. The molecule has 4 atom stereocenters. The number of aliphatic hydroxyl groups is 2. The number of pyridine rings is 1. The van der Waals surface area contributed by atoms with Crippen LogP contribution in [-0.2, 0) is 9.47 Å². The first kappa shape index (κ1) is 14.2. The molecule has 2 N–H and O–H groups in total. The normalized spacial score (nSPS) is 28.9. The average Bonchev–Trinajstić information content (AvgIpc) is 2.80. The first-order valence-electron chi connectivity index (χ1n) is 6.71. The lowest BCUT2D eigenvalue weighted by atomic mass is 10.1. The van der Waals surface area contributed by atoms with Crippen molar-refractivity contribution in [2.24, 2.45) is 0 Å². The third kappa shape index (κ3) is 2.71. The van der Waals surface area contributed by atoms with Gasteiger partial charge in [-0.25, -0.2) is 0 Å². The van der Waals surface area contributed by atoms with Gasteiger partial charge in [0, 0.05) is 18.7 Å². The average molecular weight is 291 g/mol. The summed E-state index contributed by atoms with van der Waals surface area (Å²) in [6.45, 7) is 0.105. The Kier molecular flexibility index (Phi) is 4.03. The molecule has 2 aromatic rings. The minimum atomic E-state index is -1.07. The zero-order chi connectivity index (χ0) is 14.8. The van der Waals surface area contributed by atoms with E-state index < -0.39 is 24.6 Å². The summed E-state index contributed by atoms with van der Waals surface area (Å²) in [5, 5.41) is 20.6. The van der Waals surface area contributed by atoms with Crippen molar-refractivity contribution in [3.05, 3.63) is 36.5 Å². The molecule has 0 spiro atoms. The SMILES string of the molecule is CO[C@H]1O[C@H](COc2cccc3cccnc23)[C@H](O)[C@H]1O. The van der Waals surface area contributed by atoms with Crippen LogP contribution >= 0.6 is 0 Å². The van der Waals surface area contributed by atoms with Crippen molar-refractivity contribution in [3.8, 4) is 5.75 Å². The van der Waals surface area contributed by atoms with Gasteiger partial charge in [0.1, 0.15) is 36.2 Å². The molecule has 1 aromatic carbocycles. The second kappa shape index (κ2) is 5.95. The van der Waals surface area contributed by atoms with Gasteiger partial charge in [-0.1, -0.05) is 18.2 Å². The molecule has 6 heteroatoms. The van der Waals surface area contributed by atoms with Crippen molar-refractivity contribution < 1.29 is 24.4 Å². The Hall–Kier alpha value is -1.73. The van der Waals surface area contributed by atoms with Gasteiger partial charge < -0.3 is 24.4 Å². The molecule has 1 aliphatic rings. The monoisotopic (exact) mass is 291 g/mol. The summed E-state index contributed by atoms with van der Waals surface area (Å²) < 4.78 is 16.0. The molecular formula is C15H17NO5. The summed E-state index contributed by atoms with van der Waals surface area (Å²) in [5.41, 5.74) is 0.747. The molecule has 112 valence electrons. The fraction of sp³-hybridized carbons (Fsp3) is 0.400. The lowest BCUT2D eigenvalue weighted by Crippen LogP contribution is -2.35. The maximum atomic E-state index is 9.90. The van der Waals surface area contributed by atoms with Gasteiger partial charge in [0.15, 0.2) is 6.29 Å². The number of nitrogens with zero attached hydrogens (tertiary/aromatic N) is 1. The van der Waals surface area contributed by atoms with Crippen LogP contribution in [0.2, 0.25) is 0 Å². The van der Waals surface area contributed by atoms with E-state index >= 15 is 0 Å². The first-order valence-corrected chi connectivity index (χ1v) is 6.71. The Balaban J connectivity index is 1.73. The third-order valence-electron chi connectivity index (χ3n) is 3.55. The summed E-state index contributed by atoms with van der Waals surface area (Å²) in [4.78, 5) is 4.29. The van der Waals surface area contributed by atoms with Gasteiger partial charge in [-0.05, 0) is 12.1 Å². The van der Waals surface area contributed by atoms with Gasteiger partial charge in [0.05, 0.1) is 0 Å². The van der Waals surface area contributed by atoms with Crippen molar-refractivity contribution in [2.45, 2.75) is 24.6 Å². The smallest absolute Gasteiger partial charge is 0.186 e. The van der Waals surface area contributed by atoms with Gasteiger partial charge in [-0.3, -0.25) is 4.98 Å². The maximum absolute atomic E-state index is 9.90. The van der Waals surface area contributed by atoms with E-state index in [-0.39, 0.29) is 6.61 Å². The quantitative estimate of drug-likeness (QED) is 0.863. The van der Waals surface area contributed by atoms with Crippen molar-refractivity contribution in [2.75, 3.05) is 13.7 Å². The van der Waals surface area contributed by atoms with E-state index in [0.29, 0.717) is 5.75 Å². The number of methoxy groups -OCH3 is 1. The summed E-state index contributed by atoms with van der Waals surface area (Å²) in [5.74, 6) is 0.610. The van der Waals surface area contributed by atoms with Crippen LogP contribution in [0, 0.1) is 0 Å². The van der Waals surface area contributed by atoms with Crippen molar-refractivity contribution in [3.63, 3.8) is 0 Å². The van der Waals surface area contributed by atoms with Crippen LogP contribution in [-0.4, -0.2) is 53.5 Å². The fourth-order valence-electron chi connectivity index (χ4n) is 2.41. The van der Waals surface area contributed by atoms with Crippen LogP contribution in [0.1, 0.15) is 0 Å². The molecule has 0 aliphatic carbocycles. The molecule has 0 bridgehead atoms. The first-order chi connectivity index (χ1) is 10.2. The number of hydrogen-bond acceptors (Lipinski definition) is 6. The summed E-state index contributed by atoms with van der Waals surface area (Å²) in [6, 6.07) is 9.43. The molecular weight excluding hydrogens is 274 g/mol. The predicted octanol–water partition coefficient (Wildman–Crippen LogP) is 0.707. The molecule has 21 heavy (non-hydrogen) atoms. The van der Waals surface area contributed by atoms with Gasteiger partial charge in [0.2, 0.25) is 0 Å². The third-order valence-corrected chi connectivity index (χ3v) is 3.55. The molecule has 0 radical (unpaired) electrons. The van der Waals surface area contributed by atoms with E-state index in [0.717, 1.165) is 10.9 Å². The zero-order valence-corrected chi connectivity index (χ0v) is 11.5. The number of fused-ring (bicyclic) bond motifs is 1. The molecule has 3 rings (SSSR count). The number of aromatic nitrogens is 1. The van der Waals surface area contributed by atoms with Crippen molar-refractivity contribution >= 4 is 10.9 Å². The van der Waals surface area contributed by atoms with Crippen LogP contribution < -0.4 is 4.74 Å². The summed E-state index contributed by atoms with van der Waals surface area (Å²) in [6.07, 6.45) is -1.91. The Bertz CT molecular complexity index is 615. The summed E-state index contributed by atoms with van der Waals surface area (Å²) in [7, 11) is 1.42. The Labute approximate surface area is 121 Å². The van der Waals surface area contributed by atoms with E-state index in [1.165, 1.54) is 7.11 Å². The van der Waals surface area contributed by atoms with Crippen LogP contribution in [0.4, 0.5) is 0 Å². The highest BCUT2D eigenvalue weighted by Crippen LogP contribution is 2.26. The number of ether oxygens (including phenoxy) is 3. The van der Waals surface area contributed by atoms with E-state index in [9.17, 15) is 10.2 Å². The lowest BCUT2D eigenvalue weighted by molar-refractivity contribution is -0.152. The fourth-order valence-corrected chi connectivity index (χ4v) is 2.41. The molecule has 1 saturated heterocycles. The molecule has 1 aliphatic heterocycles.